The molecule has 0 aliphatic heterocycles. The molecule has 1 atom stereocenters. The SMILES string of the molecule is CCC(C)Oc1cncc(CCl)n1. The molecule has 0 aromatic carbocycles. The van der Waals surface area contributed by atoms with E-state index in [-0.39, 0.29) is 6.10 Å². The fourth-order valence-corrected chi connectivity index (χ4v) is 0.926. The van der Waals surface area contributed by atoms with Crippen molar-refractivity contribution in [1.82, 2.24) is 9.97 Å². The zero-order valence-corrected chi connectivity index (χ0v) is 8.58. The first-order chi connectivity index (χ1) is 6.26. The predicted octanol–water partition coefficient (Wildman–Crippen LogP) is 2.39. The molecule has 0 saturated carbocycles. The Morgan fingerprint density at radius 2 is 2.31 bits per heavy atom. The van der Waals surface area contributed by atoms with Crippen molar-refractivity contribution in [1.29, 1.82) is 0 Å². The second-order valence-corrected chi connectivity index (χ2v) is 3.09. The van der Waals surface area contributed by atoms with Crippen molar-refractivity contribution in [2.75, 3.05) is 0 Å². The van der Waals surface area contributed by atoms with Crippen LogP contribution in [0.2, 0.25) is 0 Å². The molecule has 0 radical (unpaired) electrons. The third-order valence-corrected chi connectivity index (χ3v) is 1.97. The molecule has 0 fully saturated rings. The van der Waals surface area contributed by atoms with Gasteiger partial charge >= 0.3 is 0 Å². The van der Waals surface area contributed by atoms with Gasteiger partial charge < -0.3 is 4.74 Å². The Kier molecular flexibility index (Phi) is 3.96. The Bertz CT molecular complexity index is 268. The number of rotatable bonds is 4. The van der Waals surface area contributed by atoms with Crippen molar-refractivity contribution in [3.05, 3.63) is 18.1 Å². The van der Waals surface area contributed by atoms with Gasteiger partial charge in [-0.2, -0.15) is 0 Å². The molecule has 1 rings (SSSR count). The molecule has 0 aliphatic carbocycles. The van der Waals surface area contributed by atoms with E-state index in [0.717, 1.165) is 12.1 Å². The van der Waals surface area contributed by atoms with Crippen LogP contribution in [0.5, 0.6) is 5.88 Å². The lowest BCUT2D eigenvalue weighted by Gasteiger charge is -2.10. The van der Waals surface area contributed by atoms with Gasteiger partial charge in [-0.15, -0.1) is 11.6 Å². The Hall–Kier alpha value is -0.830. The Morgan fingerprint density at radius 1 is 1.54 bits per heavy atom. The summed E-state index contributed by atoms with van der Waals surface area (Å²) in [6.45, 7) is 4.05. The van der Waals surface area contributed by atoms with E-state index in [0.29, 0.717) is 11.8 Å². The van der Waals surface area contributed by atoms with Gasteiger partial charge in [-0.3, -0.25) is 4.98 Å². The van der Waals surface area contributed by atoms with Crippen LogP contribution in [0, 0.1) is 0 Å². The summed E-state index contributed by atoms with van der Waals surface area (Å²) in [5.74, 6) is 0.914. The monoisotopic (exact) mass is 200 g/mol. The highest BCUT2D eigenvalue weighted by atomic mass is 35.5. The topological polar surface area (TPSA) is 35.0 Å². The van der Waals surface area contributed by atoms with E-state index in [9.17, 15) is 0 Å². The second-order valence-electron chi connectivity index (χ2n) is 2.82. The molecule has 0 spiro atoms. The van der Waals surface area contributed by atoms with Gasteiger partial charge in [-0.25, -0.2) is 4.98 Å². The summed E-state index contributed by atoms with van der Waals surface area (Å²) in [4.78, 5) is 8.13. The first-order valence-corrected chi connectivity index (χ1v) is 4.83. The molecule has 0 aliphatic rings. The highest BCUT2D eigenvalue weighted by Crippen LogP contribution is 2.09. The van der Waals surface area contributed by atoms with Crippen LogP contribution >= 0.6 is 11.6 Å². The normalized spacial score (nSPS) is 12.5. The number of alkyl halides is 1. The predicted molar refractivity (Wildman–Crippen MR) is 52.0 cm³/mol. The standard InChI is InChI=1S/C9H13ClN2O/c1-3-7(2)13-9-6-11-5-8(4-10)12-9/h5-7H,3-4H2,1-2H3. The van der Waals surface area contributed by atoms with Gasteiger partial charge in [0.05, 0.1) is 23.9 Å². The molecule has 0 amide bonds. The van der Waals surface area contributed by atoms with Crippen molar-refractivity contribution in [3.8, 4) is 5.88 Å². The molecule has 0 saturated heterocycles. The van der Waals surface area contributed by atoms with Gasteiger partial charge in [-0.05, 0) is 13.3 Å². The van der Waals surface area contributed by atoms with Crippen LogP contribution in [0.1, 0.15) is 26.0 Å². The highest BCUT2D eigenvalue weighted by molar-refractivity contribution is 6.16. The lowest BCUT2D eigenvalue weighted by molar-refractivity contribution is 0.207. The average Bonchev–Trinajstić information content (AvgIpc) is 2.18. The lowest BCUT2D eigenvalue weighted by Crippen LogP contribution is -2.11. The van der Waals surface area contributed by atoms with Gasteiger partial charge in [-0.1, -0.05) is 6.92 Å². The first-order valence-electron chi connectivity index (χ1n) is 4.29. The van der Waals surface area contributed by atoms with Crippen LogP contribution in [0.4, 0.5) is 0 Å². The molecular weight excluding hydrogens is 188 g/mol. The van der Waals surface area contributed by atoms with E-state index in [4.69, 9.17) is 16.3 Å². The summed E-state index contributed by atoms with van der Waals surface area (Å²) < 4.78 is 5.47. The summed E-state index contributed by atoms with van der Waals surface area (Å²) in [6, 6.07) is 0. The molecule has 0 bridgehead atoms. The summed E-state index contributed by atoms with van der Waals surface area (Å²) in [7, 11) is 0. The number of ether oxygens (including phenoxy) is 1. The Labute approximate surface area is 83.1 Å². The van der Waals surface area contributed by atoms with Crippen molar-refractivity contribution >= 4 is 11.6 Å². The maximum Gasteiger partial charge on any atom is 0.232 e. The number of hydrogen-bond donors (Lipinski definition) is 0. The zero-order valence-electron chi connectivity index (χ0n) is 7.83. The minimum Gasteiger partial charge on any atom is -0.474 e. The van der Waals surface area contributed by atoms with E-state index < -0.39 is 0 Å². The molecule has 1 heterocycles. The summed E-state index contributed by atoms with van der Waals surface area (Å²) in [5, 5.41) is 0. The van der Waals surface area contributed by atoms with Crippen LogP contribution in [-0.4, -0.2) is 16.1 Å². The van der Waals surface area contributed by atoms with Crippen molar-refractivity contribution < 1.29 is 4.74 Å². The van der Waals surface area contributed by atoms with Gasteiger partial charge in [0, 0.05) is 6.20 Å². The van der Waals surface area contributed by atoms with Gasteiger partial charge in [0.25, 0.3) is 0 Å². The van der Waals surface area contributed by atoms with Gasteiger partial charge in [0.2, 0.25) is 5.88 Å². The molecule has 4 heteroatoms. The minimum absolute atomic E-state index is 0.167. The van der Waals surface area contributed by atoms with E-state index in [2.05, 4.69) is 16.9 Å². The van der Waals surface area contributed by atoms with E-state index in [1.165, 1.54) is 0 Å². The van der Waals surface area contributed by atoms with Crippen LogP contribution in [0.3, 0.4) is 0 Å². The van der Waals surface area contributed by atoms with Crippen LogP contribution in [-0.2, 0) is 5.88 Å². The summed E-state index contributed by atoms with van der Waals surface area (Å²) in [6.07, 6.45) is 4.35. The third-order valence-electron chi connectivity index (χ3n) is 1.70. The molecule has 1 aromatic rings. The molecule has 0 N–H and O–H groups in total. The molecular formula is C9H13ClN2O. The summed E-state index contributed by atoms with van der Waals surface area (Å²) in [5.41, 5.74) is 0.738. The number of halogens is 1. The lowest BCUT2D eigenvalue weighted by atomic mass is 10.3. The van der Waals surface area contributed by atoms with E-state index in [1.807, 2.05) is 6.92 Å². The first kappa shape index (κ1) is 10.3. The van der Waals surface area contributed by atoms with E-state index in [1.54, 1.807) is 12.4 Å². The number of aromatic nitrogens is 2. The smallest absolute Gasteiger partial charge is 0.232 e. The van der Waals surface area contributed by atoms with Crippen molar-refractivity contribution in [3.63, 3.8) is 0 Å². The molecule has 1 aromatic heterocycles. The number of nitrogens with zero attached hydrogens (tertiary/aromatic N) is 2. The van der Waals surface area contributed by atoms with Crippen molar-refractivity contribution in [2.45, 2.75) is 32.3 Å². The van der Waals surface area contributed by atoms with E-state index >= 15 is 0 Å². The molecule has 1 unspecified atom stereocenters. The fraction of sp³-hybridized carbons (Fsp3) is 0.556. The van der Waals surface area contributed by atoms with Crippen LogP contribution < -0.4 is 4.74 Å². The quantitative estimate of drug-likeness (QED) is 0.701. The number of hydrogen-bond acceptors (Lipinski definition) is 3. The van der Waals surface area contributed by atoms with Crippen molar-refractivity contribution in [2.24, 2.45) is 0 Å². The maximum absolute atomic E-state index is 5.61. The average molecular weight is 201 g/mol. The molecule has 72 valence electrons. The highest BCUT2D eigenvalue weighted by Gasteiger charge is 2.03. The Morgan fingerprint density at radius 3 is 2.92 bits per heavy atom. The van der Waals surface area contributed by atoms with Gasteiger partial charge in [0.15, 0.2) is 0 Å². The van der Waals surface area contributed by atoms with Crippen LogP contribution in [0.15, 0.2) is 12.4 Å². The largest absolute Gasteiger partial charge is 0.474 e. The maximum atomic E-state index is 5.61. The minimum atomic E-state index is 0.167. The fourth-order valence-electron chi connectivity index (χ4n) is 0.797. The van der Waals surface area contributed by atoms with Gasteiger partial charge in [0.1, 0.15) is 0 Å². The van der Waals surface area contributed by atoms with Crippen LogP contribution in [0.25, 0.3) is 0 Å². The molecule has 13 heavy (non-hydrogen) atoms. The summed E-state index contributed by atoms with van der Waals surface area (Å²) >= 11 is 5.61. The second kappa shape index (κ2) is 5.02. The Balaban J connectivity index is 2.66. The third kappa shape index (κ3) is 3.19. The molecule has 3 nitrogen and oxygen atoms in total. The zero-order chi connectivity index (χ0) is 9.68.